The topological polar surface area (TPSA) is 32.3 Å². The van der Waals surface area contributed by atoms with Crippen LogP contribution >= 0.6 is 15.9 Å². The van der Waals surface area contributed by atoms with Gasteiger partial charge in [0.15, 0.2) is 0 Å². The van der Waals surface area contributed by atoms with E-state index in [2.05, 4.69) is 52.4 Å². The number of halogens is 1. The van der Waals surface area contributed by atoms with E-state index in [1.165, 1.54) is 5.56 Å². The van der Waals surface area contributed by atoms with Crippen LogP contribution in [0.1, 0.15) is 37.8 Å². The monoisotopic (exact) mass is 285 g/mol. The first-order valence-electron chi connectivity index (χ1n) is 5.83. The Morgan fingerprint density at radius 2 is 1.88 bits per heavy atom. The molecule has 0 fully saturated rings. The van der Waals surface area contributed by atoms with Gasteiger partial charge in [-0.2, -0.15) is 0 Å². The Hall–Kier alpha value is -0.380. The van der Waals surface area contributed by atoms with Gasteiger partial charge < -0.3 is 10.4 Å². The Morgan fingerprint density at radius 3 is 2.50 bits per heavy atom. The fourth-order valence-electron chi connectivity index (χ4n) is 1.60. The third kappa shape index (κ3) is 5.10. The summed E-state index contributed by atoms with van der Waals surface area (Å²) in [6.45, 7) is 3.49. The molecule has 0 aromatic heterocycles. The summed E-state index contributed by atoms with van der Waals surface area (Å²) in [5.41, 5.74) is 1.31. The summed E-state index contributed by atoms with van der Waals surface area (Å²) in [6.07, 6.45) is 3.13. The fourth-order valence-corrected chi connectivity index (χ4v) is 1.87. The maximum atomic E-state index is 8.65. The standard InChI is InChI=1S/C13H20BrNO/c1-11(15-9-3-2-4-10-16)12-5-7-13(14)8-6-12/h5-8,11,15-16H,2-4,9-10H2,1H3/t11-/m1/s1. The summed E-state index contributed by atoms with van der Waals surface area (Å²) in [6, 6.07) is 8.80. The lowest BCUT2D eigenvalue weighted by Gasteiger charge is -2.14. The minimum Gasteiger partial charge on any atom is -0.396 e. The molecular weight excluding hydrogens is 266 g/mol. The van der Waals surface area contributed by atoms with Gasteiger partial charge >= 0.3 is 0 Å². The largest absolute Gasteiger partial charge is 0.396 e. The van der Waals surface area contributed by atoms with Gasteiger partial charge in [0.05, 0.1) is 0 Å². The van der Waals surface area contributed by atoms with Gasteiger partial charge in [-0.3, -0.25) is 0 Å². The van der Waals surface area contributed by atoms with Crippen LogP contribution in [0.15, 0.2) is 28.7 Å². The molecule has 0 unspecified atom stereocenters. The van der Waals surface area contributed by atoms with E-state index in [1.807, 2.05) is 0 Å². The molecule has 0 heterocycles. The minimum absolute atomic E-state index is 0.308. The van der Waals surface area contributed by atoms with Crippen LogP contribution in [0.5, 0.6) is 0 Å². The lowest BCUT2D eigenvalue weighted by molar-refractivity contribution is 0.282. The van der Waals surface area contributed by atoms with Crippen molar-refractivity contribution in [2.45, 2.75) is 32.2 Å². The fraction of sp³-hybridized carbons (Fsp3) is 0.538. The van der Waals surface area contributed by atoms with Crippen LogP contribution in [0.25, 0.3) is 0 Å². The van der Waals surface area contributed by atoms with E-state index in [4.69, 9.17) is 5.11 Å². The number of nitrogens with one attached hydrogen (secondary N) is 1. The summed E-state index contributed by atoms with van der Waals surface area (Å²) >= 11 is 3.43. The van der Waals surface area contributed by atoms with Gasteiger partial charge in [-0.1, -0.05) is 28.1 Å². The summed E-state index contributed by atoms with van der Waals surface area (Å²) < 4.78 is 1.12. The number of hydrogen-bond donors (Lipinski definition) is 2. The lowest BCUT2D eigenvalue weighted by atomic mass is 10.1. The number of aliphatic hydroxyl groups excluding tert-OH is 1. The Morgan fingerprint density at radius 1 is 1.19 bits per heavy atom. The molecule has 0 aliphatic rings. The highest BCUT2D eigenvalue weighted by atomic mass is 79.9. The zero-order valence-corrected chi connectivity index (χ0v) is 11.3. The molecule has 0 aliphatic heterocycles. The third-order valence-electron chi connectivity index (χ3n) is 2.66. The van der Waals surface area contributed by atoms with Crippen LogP contribution in [0.3, 0.4) is 0 Å². The van der Waals surface area contributed by atoms with Crippen molar-refractivity contribution in [3.05, 3.63) is 34.3 Å². The van der Waals surface area contributed by atoms with Crippen LogP contribution < -0.4 is 5.32 Å². The number of rotatable bonds is 7. The summed E-state index contributed by atoms with van der Waals surface area (Å²) in [5, 5.41) is 12.1. The SMILES string of the molecule is C[C@@H](NCCCCCO)c1ccc(Br)cc1. The molecule has 1 aromatic rings. The van der Waals surface area contributed by atoms with Crippen LogP contribution in [0.2, 0.25) is 0 Å². The molecule has 0 saturated carbocycles. The average Bonchev–Trinajstić information content (AvgIpc) is 2.29. The van der Waals surface area contributed by atoms with Crippen molar-refractivity contribution in [3.8, 4) is 0 Å². The molecule has 0 aliphatic carbocycles. The molecule has 1 aromatic carbocycles. The van der Waals surface area contributed by atoms with Crippen molar-refractivity contribution in [2.24, 2.45) is 0 Å². The van der Waals surface area contributed by atoms with Gasteiger partial charge in [0.1, 0.15) is 0 Å². The van der Waals surface area contributed by atoms with Crippen molar-refractivity contribution in [3.63, 3.8) is 0 Å². The van der Waals surface area contributed by atoms with E-state index in [0.29, 0.717) is 12.6 Å². The second-order valence-electron chi connectivity index (χ2n) is 4.01. The van der Waals surface area contributed by atoms with E-state index in [-0.39, 0.29) is 0 Å². The molecule has 2 nitrogen and oxygen atoms in total. The molecule has 1 rings (SSSR count). The Bertz CT molecular complexity index is 286. The van der Waals surface area contributed by atoms with Gasteiger partial charge in [0, 0.05) is 17.1 Å². The molecule has 0 bridgehead atoms. The first kappa shape index (κ1) is 13.7. The molecule has 1 atom stereocenters. The molecule has 90 valence electrons. The molecule has 16 heavy (non-hydrogen) atoms. The highest BCUT2D eigenvalue weighted by Gasteiger charge is 2.03. The van der Waals surface area contributed by atoms with Gasteiger partial charge in [-0.05, 0) is 50.4 Å². The third-order valence-corrected chi connectivity index (χ3v) is 3.18. The first-order valence-corrected chi connectivity index (χ1v) is 6.63. The quantitative estimate of drug-likeness (QED) is 0.754. The van der Waals surface area contributed by atoms with Crippen LogP contribution in [-0.2, 0) is 0 Å². The van der Waals surface area contributed by atoms with E-state index < -0.39 is 0 Å². The van der Waals surface area contributed by atoms with Crippen molar-refractivity contribution >= 4 is 15.9 Å². The van der Waals surface area contributed by atoms with Crippen molar-refractivity contribution in [1.82, 2.24) is 5.32 Å². The average molecular weight is 286 g/mol. The predicted octanol–water partition coefficient (Wildman–Crippen LogP) is 3.26. The van der Waals surface area contributed by atoms with E-state index in [9.17, 15) is 0 Å². The Kier molecular flexibility index (Phi) is 6.69. The summed E-state index contributed by atoms with van der Waals surface area (Å²) in [4.78, 5) is 0. The van der Waals surface area contributed by atoms with Gasteiger partial charge in [0.2, 0.25) is 0 Å². The van der Waals surface area contributed by atoms with Gasteiger partial charge in [-0.25, -0.2) is 0 Å². The van der Waals surface area contributed by atoms with Crippen molar-refractivity contribution < 1.29 is 5.11 Å². The van der Waals surface area contributed by atoms with E-state index in [0.717, 1.165) is 30.3 Å². The molecule has 0 spiro atoms. The van der Waals surface area contributed by atoms with Crippen molar-refractivity contribution in [2.75, 3.05) is 13.2 Å². The molecule has 0 radical (unpaired) electrons. The minimum atomic E-state index is 0.308. The molecule has 0 amide bonds. The lowest BCUT2D eigenvalue weighted by Crippen LogP contribution is -2.19. The number of hydrogen-bond acceptors (Lipinski definition) is 2. The normalized spacial score (nSPS) is 12.7. The summed E-state index contributed by atoms with van der Waals surface area (Å²) in [5.74, 6) is 0. The zero-order valence-electron chi connectivity index (χ0n) is 9.75. The maximum absolute atomic E-state index is 8.65. The highest BCUT2D eigenvalue weighted by Crippen LogP contribution is 2.16. The number of aliphatic hydroxyl groups is 1. The highest BCUT2D eigenvalue weighted by molar-refractivity contribution is 9.10. The molecular formula is C13H20BrNO. The molecule has 0 saturated heterocycles. The zero-order chi connectivity index (χ0) is 11.8. The van der Waals surface area contributed by atoms with Gasteiger partial charge in [0.25, 0.3) is 0 Å². The molecule has 3 heteroatoms. The predicted molar refractivity (Wildman–Crippen MR) is 71.5 cm³/mol. The van der Waals surface area contributed by atoms with Crippen LogP contribution in [-0.4, -0.2) is 18.3 Å². The first-order chi connectivity index (χ1) is 7.74. The number of unbranched alkanes of at least 4 members (excludes halogenated alkanes) is 2. The van der Waals surface area contributed by atoms with Gasteiger partial charge in [-0.15, -0.1) is 0 Å². The smallest absolute Gasteiger partial charge is 0.0431 e. The van der Waals surface area contributed by atoms with Crippen LogP contribution in [0, 0.1) is 0 Å². The summed E-state index contributed by atoms with van der Waals surface area (Å²) in [7, 11) is 0. The van der Waals surface area contributed by atoms with Crippen LogP contribution in [0.4, 0.5) is 0 Å². The second-order valence-corrected chi connectivity index (χ2v) is 4.93. The number of benzene rings is 1. The second kappa shape index (κ2) is 7.82. The van der Waals surface area contributed by atoms with Crippen molar-refractivity contribution in [1.29, 1.82) is 0 Å². The Labute approximate surface area is 106 Å². The van der Waals surface area contributed by atoms with E-state index >= 15 is 0 Å². The van der Waals surface area contributed by atoms with E-state index in [1.54, 1.807) is 0 Å². The molecule has 2 N–H and O–H groups in total. The maximum Gasteiger partial charge on any atom is 0.0431 e. The Balaban J connectivity index is 2.24.